The number of hydrogen-bond acceptors (Lipinski definition) is 3. The Bertz CT molecular complexity index is 1490. The number of aromatic nitrogens is 1. The van der Waals surface area contributed by atoms with E-state index in [1.165, 1.54) is 6.92 Å². The second kappa shape index (κ2) is 6.54. The van der Waals surface area contributed by atoms with E-state index < -0.39 is 23.4 Å². The number of nitrogens with zero attached hydrogens (tertiary/aromatic N) is 2. The van der Waals surface area contributed by atoms with Crippen molar-refractivity contribution in [2.24, 2.45) is 0 Å². The minimum atomic E-state index is -1.96. The van der Waals surface area contributed by atoms with Gasteiger partial charge in [0.15, 0.2) is 0 Å². The molecule has 2 aliphatic rings. The molecule has 1 fully saturated rings. The SMILES string of the molecule is Cc1ccc2c3ccc(C4CC4)cc3n(C(C)(C(=O)O)N3C(=O)c4ccccc4C3=O)c2c1. The lowest BCUT2D eigenvalue weighted by Gasteiger charge is -2.36. The van der Waals surface area contributed by atoms with Crippen LogP contribution in [0.15, 0.2) is 60.7 Å². The van der Waals surface area contributed by atoms with Crippen LogP contribution in [-0.2, 0) is 10.5 Å². The van der Waals surface area contributed by atoms with Gasteiger partial charge in [-0.1, -0.05) is 36.4 Å². The van der Waals surface area contributed by atoms with Crippen LogP contribution in [0, 0.1) is 6.92 Å². The van der Waals surface area contributed by atoms with E-state index in [2.05, 4.69) is 6.07 Å². The first-order chi connectivity index (χ1) is 15.8. The number of rotatable bonds is 4. The summed E-state index contributed by atoms with van der Waals surface area (Å²) >= 11 is 0. The minimum Gasteiger partial charge on any atom is -0.478 e. The van der Waals surface area contributed by atoms with E-state index in [1.54, 1.807) is 28.8 Å². The van der Waals surface area contributed by atoms with Gasteiger partial charge in [-0.3, -0.25) is 9.59 Å². The molecule has 33 heavy (non-hydrogen) atoms. The average molecular weight is 438 g/mol. The van der Waals surface area contributed by atoms with Crippen molar-refractivity contribution in [1.82, 2.24) is 9.47 Å². The number of hydrogen-bond donors (Lipinski definition) is 1. The molecule has 1 atom stereocenters. The smallest absolute Gasteiger partial charge is 0.351 e. The van der Waals surface area contributed by atoms with Crippen LogP contribution in [0.3, 0.4) is 0 Å². The molecule has 2 amide bonds. The molecule has 1 saturated carbocycles. The summed E-state index contributed by atoms with van der Waals surface area (Å²) in [5, 5.41) is 12.4. The Morgan fingerprint density at radius 2 is 1.48 bits per heavy atom. The number of benzene rings is 3. The summed E-state index contributed by atoms with van der Waals surface area (Å²) in [6, 6.07) is 18.5. The molecule has 1 unspecified atom stereocenters. The van der Waals surface area contributed by atoms with E-state index in [9.17, 15) is 19.5 Å². The Kier molecular flexibility index (Phi) is 3.91. The van der Waals surface area contributed by atoms with Gasteiger partial charge in [0.05, 0.1) is 22.2 Å². The van der Waals surface area contributed by atoms with Gasteiger partial charge in [0, 0.05) is 10.8 Å². The van der Waals surface area contributed by atoms with Crippen LogP contribution in [0.5, 0.6) is 0 Å². The van der Waals surface area contributed by atoms with Crippen molar-refractivity contribution in [1.29, 1.82) is 0 Å². The van der Waals surface area contributed by atoms with Gasteiger partial charge in [0.25, 0.3) is 11.8 Å². The highest BCUT2D eigenvalue weighted by Gasteiger charge is 2.53. The molecule has 3 aromatic carbocycles. The van der Waals surface area contributed by atoms with E-state index in [0.29, 0.717) is 17.0 Å². The second-order valence-electron chi connectivity index (χ2n) is 9.22. The van der Waals surface area contributed by atoms with Crippen LogP contribution >= 0.6 is 0 Å². The molecular formula is C27H22N2O4. The third kappa shape index (κ3) is 2.58. The molecule has 164 valence electrons. The van der Waals surface area contributed by atoms with E-state index >= 15 is 0 Å². The molecule has 1 N–H and O–H groups in total. The van der Waals surface area contributed by atoms with Crippen LogP contribution in [0.4, 0.5) is 0 Å². The molecule has 0 radical (unpaired) electrons. The summed E-state index contributed by atoms with van der Waals surface area (Å²) in [6.07, 6.45) is 2.22. The highest BCUT2D eigenvalue weighted by molar-refractivity contribution is 6.23. The maximum atomic E-state index is 13.4. The number of carboxylic acid groups (broad SMARTS) is 1. The minimum absolute atomic E-state index is 0.227. The molecule has 6 rings (SSSR count). The number of aryl methyl sites for hydroxylation is 1. The Labute approximate surface area is 190 Å². The third-order valence-electron chi connectivity index (χ3n) is 7.07. The summed E-state index contributed by atoms with van der Waals surface area (Å²) in [5.74, 6) is -1.99. The number of amides is 2. The summed E-state index contributed by atoms with van der Waals surface area (Å²) < 4.78 is 1.67. The predicted molar refractivity (Wildman–Crippen MR) is 124 cm³/mol. The van der Waals surface area contributed by atoms with E-state index in [4.69, 9.17) is 0 Å². The Balaban J connectivity index is 1.70. The van der Waals surface area contributed by atoms with Crippen LogP contribution < -0.4 is 0 Å². The lowest BCUT2D eigenvalue weighted by atomic mass is 10.1. The van der Waals surface area contributed by atoms with Gasteiger partial charge >= 0.3 is 5.97 Å². The average Bonchev–Trinajstić information content (AvgIpc) is 3.55. The van der Waals surface area contributed by atoms with Gasteiger partial charge in [-0.05, 0) is 68.0 Å². The van der Waals surface area contributed by atoms with Crippen molar-refractivity contribution < 1.29 is 19.5 Å². The number of imide groups is 1. The van der Waals surface area contributed by atoms with E-state index in [-0.39, 0.29) is 11.1 Å². The zero-order valence-electron chi connectivity index (χ0n) is 18.3. The molecule has 0 saturated heterocycles. The molecule has 1 aromatic heterocycles. The van der Waals surface area contributed by atoms with Crippen LogP contribution in [0.25, 0.3) is 21.8 Å². The number of aliphatic carboxylic acids is 1. The van der Waals surface area contributed by atoms with Crippen molar-refractivity contribution in [2.45, 2.75) is 38.3 Å². The molecule has 0 spiro atoms. The molecule has 6 heteroatoms. The van der Waals surface area contributed by atoms with Gasteiger partial charge in [-0.25, -0.2) is 9.69 Å². The lowest BCUT2D eigenvalue weighted by molar-refractivity contribution is -0.152. The van der Waals surface area contributed by atoms with Crippen molar-refractivity contribution >= 4 is 39.6 Å². The normalized spacial score (nSPS) is 17.6. The first kappa shape index (κ1) is 19.7. The predicted octanol–water partition coefficient (Wildman–Crippen LogP) is 5.03. The molecular weight excluding hydrogens is 416 g/mol. The maximum absolute atomic E-state index is 13.4. The Morgan fingerprint density at radius 1 is 0.909 bits per heavy atom. The Morgan fingerprint density at radius 3 is 2.06 bits per heavy atom. The zero-order chi connectivity index (χ0) is 23.1. The maximum Gasteiger partial charge on any atom is 0.351 e. The monoisotopic (exact) mass is 438 g/mol. The van der Waals surface area contributed by atoms with Crippen LogP contribution in [0.1, 0.15) is 57.5 Å². The van der Waals surface area contributed by atoms with Crippen molar-refractivity contribution in [2.75, 3.05) is 0 Å². The third-order valence-corrected chi connectivity index (χ3v) is 7.07. The van der Waals surface area contributed by atoms with Gasteiger partial charge in [0.2, 0.25) is 5.66 Å². The van der Waals surface area contributed by atoms with Crippen molar-refractivity contribution in [3.8, 4) is 0 Å². The van der Waals surface area contributed by atoms with Crippen molar-refractivity contribution in [3.05, 3.63) is 82.9 Å². The van der Waals surface area contributed by atoms with Gasteiger partial charge in [-0.2, -0.15) is 0 Å². The van der Waals surface area contributed by atoms with Crippen LogP contribution in [0.2, 0.25) is 0 Å². The molecule has 0 bridgehead atoms. The van der Waals surface area contributed by atoms with Gasteiger partial charge < -0.3 is 9.67 Å². The largest absolute Gasteiger partial charge is 0.478 e. The Hall–Kier alpha value is -3.93. The molecule has 2 heterocycles. The van der Waals surface area contributed by atoms with E-state index in [0.717, 1.165) is 39.6 Å². The molecule has 1 aliphatic carbocycles. The van der Waals surface area contributed by atoms with Crippen molar-refractivity contribution in [3.63, 3.8) is 0 Å². The van der Waals surface area contributed by atoms with E-state index in [1.807, 2.05) is 37.3 Å². The first-order valence-electron chi connectivity index (χ1n) is 11.1. The summed E-state index contributed by atoms with van der Waals surface area (Å²) in [7, 11) is 0. The van der Waals surface area contributed by atoms with Crippen LogP contribution in [-0.4, -0.2) is 32.4 Å². The fraction of sp³-hybridized carbons (Fsp3) is 0.222. The highest BCUT2D eigenvalue weighted by Crippen LogP contribution is 2.44. The molecule has 6 nitrogen and oxygen atoms in total. The van der Waals surface area contributed by atoms with Gasteiger partial charge in [-0.15, -0.1) is 0 Å². The number of fused-ring (bicyclic) bond motifs is 4. The fourth-order valence-corrected chi connectivity index (χ4v) is 5.16. The summed E-state index contributed by atoms with van der Waals surface area (Å²) in [6.45, 7) is 3.39. The lowest BCUT2D eigenvalue weighted by Crippen LogP contribution is -2.56. The highest BCUT2D eigenvalue weighted by atomic mass is 16.4. The zero-order valence-corrected chi connectivity index (χ0v) is 18.3. The van der Waals surface area contributed by atoms with Gasteiger partial charge in [0.1, 0.15) is 0 Å². The number of carbonyl (C=O) groups excluding carboxylic acids is 2. The summed E-state index contributed by atoms with van der Waals surface area (Å²) in [5.41, 5.74) is 2.00. The first-order valence-corrected chi connectivity index (χ1v) is 11.1. The summed E-state index contributed by atoms with van der Waals surface area (Å²) in [4.78, 5) is 40.7. The fourth-order valence-electron chi connectivity index (χ4n) is 5.16. The molecule has 1 aliphatic heterocycles. The quantitative estimate of drug-likeness (QED) is 0.453. The number of carbonyl (C=O) groups is 3. The topological polar surface area (TPSA) is 79.6 Å². The standard InChI is InChI=1S/C27H22N2O4/c1-15-7-11-18-19-12-10-17(16-8-9-16)14-23(19)28(22(18)13-15)27(2,26(32)33)29-24(30)20-5-3-4-6-21(20)25(29)31/h3-7,10-14,16H,8-9H2,1-2H3,(H,32,33). The number of carboxylic acids is 1. The second-order valence-corrected chi connectivity index (χ2v) is 9.22. The molecule has 4 aromatic rings.